The summed E-state index contributed by atoms with van der Waals surface area (Å²) < 4.78 is 11.6. The van der Waals surface area contributed by atoms with E-state index < -0.39 is 0 Å². The van der Waals surface area contributed by atoms with E-state index in [1.165, 1.54) is 24.8 Å². The second-order valence-electron chi connectivity index (χ2n) is 6.79. The average Bonchev–Trinajstić information content (AvgIpc) is 3.05. The molecule has 2 aliphatic rings. The zero-order valence-electron chi connectivity index (χ0n) is 15.2. The van der Waals surface area contributed by atoms with Crippen LogP contribution in [0.5, 0.6) is 5.75 Å². The molecule has 0 spiro atoms. The molecule has 1 aromatic rings. The number of guanidine groups is 1. The van der Waals surface area contributed by atoms with E-state index in [1.54, 1.807) is 0 Å². The first kappa shape index (κ1) is 20.3. The van der Waals surface area contributed by atoms with E-state index in [4.69, 9.17) is 9.47 Å². The molecule has 1 unspecified atom stereocenters. The summed E-state index contributed by atoms with van der Waals surface area (Å²) in [6.07, 6.45) is 5.17. The molecular weight excluding hydrogens is 429 g/mol. The molecule has 0 amide bonds. The molecule has 2 fully saturated rings. The second kappa shape index (κ2) is 10.2. The van der Waals surface area contributed by atoms with Crippen molar-refractivity contribution in [2.45, 2.75) is 38.3 Å². The number of hydrogen-bond donors (Lipinski definition) is 1. The van der Waals surface area contributed by atoms with E-state index in [9.17, 15) is 0 Å². The van der Waals surface area contributed by atoms with Crippen LogP contribution in [-0.4, -0.2) is 50.8 Å². The van der Waals surface area contributed by atoms with Gasteiger partial charge in [-0.1, -0.05) is 18.2 Å². The Morgan fingerprint density at radius 2 is 2.12 bits per heavy atom. The van der Waals surface area contributed by atoms with Gasteiger partial charge in [0.1, 0.15) is 5.75 Å². The van der Waals surface area contributed by atoms with Gasteiger partial charge < -0.3 is 19.7 Å². The predicted octanol–water partition coefficient (Wildman–Crippen LogP) is 3.28. The number of rotatable bonds is 6. The molecule has 1 heterocycles. The van der Waals surface area contributed by atoms with Crippen LogP contribution in [0.2, 0.25) is 0 Å². The highest BCUT2D eigenvalue weighted by atomic mass is 127. The number of benzene rings is 1. The Hall–Kier alpha value is -1.02. The number of aliphatic imine (C=N–C) groups is 1. The highest BCUT2D eigenvalue weighted by Gasteiger charge is 2.21. The van der Waals surface area contributed by atoms with Gasteiger partial charge in [0.2, 0.25) is 0 Å². The van der Waals surface area contributed by atoms with E-state index >= 15 is 0 Å². The molecule has 5 nitrogen and oxygen atoms in total. The molecule has 1 aromatic carbocycles. The molecule has 0 bridgehead atoms. The van der Waals surface area contributed by atoms with Gasteiger partial charge >= 0.3 is 0 Å². The average molecular weight is 459 g/mol. The summed E-state index contributed by atoms with van der Waals surface area (Å²) in [5.41, 5.74) is 1.18. The van der Waals surface area contributed by atoms with Crippen LogP contribution in [0.15, 0.2) is 29.3 Å². The summed E-state index contributed by atoms with van der Waals surface area (Å²) in [6, 6.07) is 8.29. The summed E-state index contributed by atoms with van der Waals surface area (Å²) in [5, 5.41) is 3.46. The van der Waals surface area contributed by atoms with Crippen molar-refractivity contribution in [2.24, 2.45) is 10.9 Å². The van der Waals surface area contributed by atoms with E-state index in [-0.39, 0.29) is 24.0 Å². The maximum Gasteiger partial charge on any atom is 0.193 e. The van der Waals surface area contributed by atoms with Crippen molar-refractivity contribution in [1.82, 2.24) is 10.2 Å². The molecule has 1 aliphatic heterocycles. The molecule has 1 saturated carbocycles. The third kappa shape index (κ3) is 5.74. The van der Waals surface area contributed by atoms with Crippen LogP contribution in [0.3, 0.4) is 0 Å². The summed E-state index contributed by atoms with van der Waals surface area (Å²) in [7, 11) is 3.92. The fourth-order valence-electron chi connectivity index (χ4n) is 3.19. The molecule has 1 saturated heterocycles. The Labute approximate surface area is 168 Å². The van der Waals surface area contributed by atoms with Crippen LogP contribution in [0.25, 0.3) is 0 Å². The van der Waals surface area contributed by atoms with E-state index in [0.29, 0.717) is 12.0 Å². The van der Waals surface area contributed by atoms with Crippen LogP contribution >= 0.6 is 24.0 Å². The van der Waals surface area contributed by atoms with E-state index in [1.807, 2.05) is 13.1 Å². The SMILES string of the molecule is CN=C(NCc1ccccc1OC1CCC1)N(C)CC1CCOC1.I. The van der Waals surface area contributed by atoms with E-state index in [2.05, 4.69) is 40.5 Å². The van der Waals surface area contributed by atoms with Crippen molar-refractivity contribution >= 4 is 29.9 Å². The molecule has 1 atom stereocenters. The maximum absolute atomic E-state index is 6.11. The molecule has 140 valence electrons. The Balaban J connectivity index is 0.00000225. The van der Waals surface area contributed by atoms with Crippen molar-refractivity contribution in [2.75, 3.05) is 33.9 Å². The molecule has 1 N–H and O–H groups in total. The molecule has 0 radical (unpaired) electrons. The molecule has 3 rings (SSSR count). The largest absolute Gasteiger partial charge is 0.490 e. The topological polar surface area (TPSA) is 46.1 Å². The third-order valence-electron chi connectivity index (χ3n) is 4.88. The number of halogens is 1. The fraction of sp³-hybridized carbons (Fsp3) is 0.632. The molecule has 6 heteroatoms. The quantitative estimate of drug-likeness (QED) is 0.403. The van der Waals surface area contributed by atoms with Gasteiger partial charge in [0.15, 0.2) is 5.96 Å². The van der Waals surface area contributed by atoms with Crippen LogP contribution in [-0.2, 0) is 11.3 Å². The minimum atomic E-state index is 0. The van der Waals surface area contributed by atoms with E-state index in [0.717, 1.165) is 44.4 Å². The van der Waals surface area contributed by atoms with Gasteiger partial charge in [0.25, 0.3) is 0 Å². The monoisotopic (exact) mass is 459 g/mol. The number of para-hydroxylation sites is 1. The predicted molar refractivity (Wildman–Crippen MR) is 112 cm³/mol. The molecular formula is C19H30IN3O2. The Morgan fingerprint density at radius 1 is 1.32 bits per heavy atom. The lowest BCUT2D eigenvalue weighted by molar-refractivity contribution is 0.119. The van der Waals surface area contributed by atoms with Crippen LogP contribution in [0.4, 0.5) is 0 Å². The van der Waals surface area contributed by atoms with Gasteiger partial charge in [-0.25, -0.2) is 0 Å². The number of nitrogens with zero attached hydrogens (tertiary/aromatic N) is 2. The first-order chi connectivity index (χ1) is 11.8. The van der Waals surface area contributed by atoms with Gasteiger partial charge in [0, 0.05) is 45.3 Å². The number of ether oxygens (including phenoxy) is 2. The molecule has 25 heavy (non-hydrogen) atoms. The second-order valence-corrected chi connectivity index (χ2v) is 6.79. The first-order valence-corrected chi connectivity index (χ1v) is 9.00. The lowest BCUT2D eigenvalue weighted by Gasteiger charge is -2.28. The standard InChI is InChI=1S/C19H29N3O2.HI/c1-20-19(22(2)13-15-10-11-23-14-15)21-12-16-6-3-4-9-18(16)24-17-7-5-8-17;/h3-4,6,9,15,17H,5,7-8,10-14H2,1-2H3,(H,20,21);1H. The zero-order chi connectivity index (χ0) is 16.8. The lowest BCUT2D eigenvalue weighted by Crippen LogP contribution is -2.41. The molecule has 0 aromatic heterocycles. The minimum Gasteiger partial charge on any atom is -0.490 e. The minimum absolute atomic E-state index is 0. The Kier molecular flexibility index (Phi) is 8.29. The van der Waals surface area contributed by atoms with Crippen LogP contribution < -0.4 is 10.1 Å². The summed E-state index contributed by atoms with van der Waals surface area (Å²) in [4.78, 5) is 6.60. The van der Waals surface area contributed by atoms with Crippen molar-refractivity contribution in [3.8, 4) is 5.75 Å². The fourth-order valence-corrected chi connectivity index (χ4v) is 3.19. The summed E-state index contributed by atoms with van der Waals surface area (Å²) >= 11 is 0. The number of nitrogens with one attached hydrogen (secondary N) is 1. The Bertz CT molecular complexity index is 557. The van der Waals surface area contributed by atoms with Crippen molar-refractivity contribution in [3.05, 3.63) is 29.8 Å². The van der Waals surface area contributed by atoms with Gasteiger partial charge in [-0.15, -0.1) is 24.0 Å². The summed E-state index contributed by atoms with van der Waals surface area (Å²) in [5.74, 6) is 2.51. The van der Waals surface area contributed by atoms with Crippen LogP contribution in [0.1, 0.15) is 31.2 Å². The lowest BCUT2D eigenvalue weighted by atomic mass is 9.96. The highest BCUT2D eigenvalue weighted by Crippen LogP contribution is 2.27. The smallest absolute Gasteiger partial charge is 0.193 e. The molecule has 1 aliphatic carbocycles. The maximum atomic E-state index is 6.11. The van der Waals surface area contributed by atoms with Gasteiger partial charge in [-0.05, 0) is 31.7 Å². The van der Waals surface area contributed by atoms with Crippen molar-refractivity contribution < 1.29 is 9.47 Å². The van der Waals surface area contributed by atoms with Crippen molar-refractivity contribution in [3.63, 3.8) is 0 Å². The zero-order valence-corrected chi connectivity index (χ0v) is 17.6. The van der Waals surface area contributed by atoms with Crippen LogP contribution in [0, 0.1) is 5.92 Å². The first-order valence-electron chi connectivity index (χ1n) is 9.00. The Morgan fingerprint density at radius 3 is 2.76 bits per heavy atom. The van der Waals surface area contributed by atoms with Gasteiger partial charge in [-0.2, -0.15) is 0 Å². The normalized spacial score (nSPS) is 20.6. The van der Waals surface area contributed by atoms with Crippen molar-refractivity contribution in [1.29, 1.82) is 0 Å². The van der Waals surface area contributed by atoms with Gasteiger partial charge in [-0.3, -0.25) is 4.99 Å². The number of hydrogen-bond acceptors (Lipinski definition) is 3. The highest BCUT2D eigenvalue weighted by molar-refractivity contribution is 14.0. The van der Waals surface area contributed by atoms with Gasteiger partial charge in [0.05, 0.1) is 12.7 Å². The summed E-state index contributed by atoms with van der Waals surface area (Å²) in [6.45, 7) is 3.44. The third-order valence-corrected chi connectivity index (χ3v) is 4.88.